The number of amides is 1. The van der Waals surface area contributed by atoms with Crippen LogP contribution in [0.3, 0.4) is 0 Å². The van der Waals surface area contributed by atoms with Gasteiger partial charge in [-0.15, -0.1) is 11.8 Å². The van der Waals surface area contributed by atoms with E-state index in [1.807, 2.05) is 11.8 Å². The molecule has 2 aliphatic rings. The molecule has 0 unspecified atom stereocenters. The van der Waals surface area contributed by atoms with E-state index in [1.54, 1.807) is 0 Å². The number of nitrogens with one attached hydrogen (secondary N) is 1. The van der Waals surface area contributed by atoms with Crippen molar-refractivity contribution in [3.8, 4) is 0 Å². The maximum atomic E-state index is 12.7. The molecule has 4 heteroatoms. The monoisotopic (exact) mass is 304 g/mol. The zero-order valence-electron chi connectivity index (χ0n) is 12.6. The third kappa shape index (κ3) is 3.80. The number of carbonyl (C=O) groups is 1. The smallest absolute Gasteiger partial charge is 0.240 e. The van der Waals surface area contributed by atoms with Crippen molar-refractivity contribution < 1.29 is 4.79 Å². The average molecular weight is 304 g/mol. The first kappa shape index (κ1) is 14.9. The van der Waals surface area contributed by atoms with Crippen molar-refractivity contribution in [2.24, 2.45) is 5.92 Å². The van der Waals surface area contributed by atoms with Gasteiger partial charge >= 0.3 is 0 Å². The fraction of sp³-hybridized carbons (Fsp3) is 0.588. The molecule has 2 atom stereocenters. The minimum atomic E-state index is -0.0209. The molecule has 1 amide bonds. The fourth-order valence-electron chi connectivity index (χ4n) is 2.89. The first-order valence-corrected chi connectivity index (χ1v) is 9.01. The van der Waals surface area contributed by atoms with Crippen LogP contribution in [0.4, 0.5) is 0 Å². The molecule has 1 aliphatic carbocycles. The summed E-state index contributed by atoms with van der Waals surface area (Å²) in [6.07, 6.45) is 2.58. The predicted octanol–water partition coefficient (Wildman–Crippen LogP) is 2.69. The highest BCUT2D eigenvalue weighted by Crippen LogP contribution is 2.36. The van der Waals surface area contributed by atoms with Crippen molar-refractivity contribution in [1.29, 1.82) is 0 Å². The Morgan fingerprint density at radius 1 is 1.29 bits per heavy atom. The average Bonchev–Trinajstić information content (AvgIpc) is 3.33. The van der Waals surface area contributed by atoms with Gasteiger partial charge in [-0.3, -0.25) is 4.79 Å². The summed E-state index contributed by atoms with van der Waals surface area (Å²) in [4.78, 5) is 14.8. The van der Waals surface area contributed by atoms with E-state index in [-0.39, 0.29) is 6.04 Å². The zero-order chi connectivity index (χ0) is 14.7. The van der Waals surface area contributed by atoms with Crippen molar-refractivity contribution in [2.45, 2.75) is 31.1 Å². The Morgan fingerprint density at radius 3 is 2.71 bits per heavy atom. The number of rotatable bonds is 5. The van der Waals surface area contributed by atoms with Gasteiger partial charge in [0.15, 0.2) is 0 Å². The summed E-state index contributed by atoms with van der Waals surface area (Å²) in [5.41, 5.74) is 1.34. The van der Waals surface area contributed by atoms with Gasteiger partial charge in [-0.05, 0) is 30.9 Å². The fourth-order valence-corrected chi connectivity index (χ4v) is 4.21. The quantitative estimate of drug-likeness (QED) is 0.908. The molecular weight excluding hydrogens is 280 g/mol. The SMILES string of the molecule is CCN[C@@H]1CS[C@@H](c2ccccc2)CN(CC2CC2)C1=O. The lowest BCUT2D eigenvalue weighted by molar-refractivity contribution is -0.132. The molecule has 0 aromatic heterocycles. The number of likely N-dealkylation sites (N-methyl/N-ethyl adjacent to an activating group) is 1. The lowest BCUT2D eigenvalue weighted by atomic mass is 10.1. The molecule has 1 aromatic carbocycles. The molecule has 114 valence electrons. The van der Waals surface area contributed by atoms with Gasteiger partial charge in [0, 0.05) is 24.1 Å². The number of carbonyl (C=O) groups excluding carboxylic acids is 1. The lowest BCUT2D eigenvalue weighted by Crippen LogP contribution is -2.47. The van der Waals surface area contributed by atoms with Crippen LogP contribution >= 0.6 is 11.8 Å². The molecule has 0 radical (unpaired) electrons. The van der Waals surface area contributed by atoms with Crippen molar-refractivity contribution in [1.82, 2.24) is 10.2 Å². The zero-order valence-corrected chi connectivity index (χ0v) is 13.4. The number of thioether (sulfide) groups is 1. The highest BCUT2D eigenvalue weighted by atomic mass is 32.2. The summed E-state index contributed by atoms with van der Waals surface area (Å²) >= 11 is 1.92. The Kier molecular flexibility index (Phi) is 4.86. The third-order valence-corrected chi connectivity index (χ3v) is 5.61. The lowest BCUT2D eigenvalue weighted by Gasteiger charge is -2.26. The summed E-state index contributed by atoms with van der Waals surface area (Å²) in [6.45, 7) is 4.73. The van der Waals surface area contributed by atoms with Gasteiger partial charge < -0.3 is 10.2 Å². The Balaban J connectivity index is 1.76. The van der Waals surface area contributed by atoms with Gasteiger partial charge in [0.2, 0.25) is 5.91 Å². The Morgan fingerprint density at radius 2 is 2.05 bits per heavy atom. The summed E-state index contributed by atoms with van der Waals surface area (Å²) in [5, 5.41) is 3.76. The number of hydrogen-bond donors (Lipinski definition) is 1. The van der Waals surface area contributed by atoms with E-state index in [4.69, 9.17) is 0 Å². The van der Waals surface area contributed by atoms with Crippen molar-refractivity contribution in [3.05, 3.63) is 35.9 Å². The molecule has 1 aliphatic heterocycles. The normalized spacial score (nSPS) is 26.7. The summed E-state index contributed by atoms with van der Waals surface area (Å²) in [6, 6.07) is 10.6. The topological polar surface area (TPSA) is 32.3 Å². The minimum Gasteiger partial charge on any atom is -0.340 e. The Bertz CT molecular complexity index is 475. The van der Waals surface area contributed by atoms with Gasteiger partial charge in [-0.2, -0.15) is 0 Å². The van der Waals surface area contributed by atoms with Crippen molar-refractivity contribution >= 4 is 17.7 Å². The van der Waals surface area contributed by atoms with E-state index in [0.717, 1.165) is 31.3 Å². The van der Waals surface area contributed by atoms with Crippen LogP contribution in [0, 0.1) is 5.92 Å². The van der Waals surface area contributed by atoms with E-state index in [1.165, 1.54) is 18.4 Å². The van der Waals surface area contributed by atoms with Crippen LogP contribution in [0.2, 0.25) is 0 Å². The molecule has 1 aromatic rings. The van der Waals surface area contributed by atoms with Gasteiger partial charge in [0.05, 0.1) is 6.04 Å². The van der Waals surface area contributed by atoms with Crippen LogP contribution in [0.5, 0.6) is 0 Å². The molecule has 3 rings (SSSR count). The van der Waals surface area contributed by atoms with E-state index < -0.39 is 0 Å². The Hall–Kier alpha value is -1.00. The molecule has 1 heterocycles. The highest BCUT2D eigenvalue weighted by Gasteiger charge is 2.34. The van der Waals surface area contributed by atoms with Crippen molar-refractivity contribution in [3.63, 3.8) is 0 Å². The first-order valence-electron chi connectivity index (χ1n) is 7.96. The molecular formula is C17H24N2OS. The largest absolute Gasteiger partial charge is 0.340 e. The number of benzene rings is 1. The van der Waals surface area contributed by atoms with Gasteiger partial charge in [0.1, 0.15) is 0 Å². The molecule has 1 N–H and O–H groups in total. The first-order chi connectivity index (χ1) is 10.3. The van der Waals surface area contributed by atoms with Crippen LogP contribution in [0.1, 0.15) is 30.6 Å². The predicted molar refractivity (Wildman–Crippen MR) is 88.4 cm³/mol. The third-order valence-electron chi connectivity index (χ3n) is 4.26. The molecule has 3 nitrogen and oxygen atoms in total. The second-order valence-corrected chi connectivity index (χ2v) is 7.27. The van der Waals surface area contributed by atoms with Crippen LogP contribution in [-0.4, -0.2) is 42.2 Å². The highest BCUT2D eigenvalue weighted by molar-refractivity contribution is 7.99. The van der Waals surface area contributed by atoms with Crippen LogP contribution in [-0.2, 0) is 4.79 Å². The van der Waals surface area contributed by atoms with Crippen LogP contribution in [0.25, 0.3) is 0 Å². The molecule has 1 saturated carbocycles. The summed E-state index contributed by atoms with van der Waals surface area (Å²) in [5.74, 6) is 1.92. The second-order valence-electron chi connectivity index (χ2n) is 6.03. The Labute approximate surface area is 131 Å². The maximum absolute atomic E-state index is 12.7. The van der Waals surface area contributed by atoms with Gasteiger partial charge in [-0.1, -0.05) is 37.3 Å². The molecule has 21 heavy (non-hydrogen) atoms. The van der Waals surface area contributed by atoms with E-state index >= 15 is 0 Å². The summed E-state index contributed by atoms with van der Waals surface area (Å²) in [7, 11) is 0. The van der Waals surface area contributed by atoms with Crippen LogP contribution < -0.4 is 5.32 Å². The minimum absolute atomic E-state index is 0.0209. The van der Waals surface area contributed by atoms with E-state index in [9.17, 15) is 4.79 Å². The van der Waals surface area contributed by atoms with Gasteiger partial charge in [-0.25, -0.2) is 0 Å². The van der Waals surface area contributed by atoms with E-state index in [2.05, 4.69) is 47.5 Å². The van der Waals surface area contributed by atoms with Crippen molar-refractivity contribution in [2.75, 3.05) is 25.4 Å². The molecule has 0 spiro atoms. The molecule has 2 fully saturated rings. The summed E-state index contributed by atoms with van der Waals surface area (Å²) < 4.78 is 0. The second kappa shape index (κ2) is 6.84. The van der Waals surface area contributed by atoms with Gasteiger partial charge in [0.25, 0.3) is 0 Å². The van der Waals surface area contributed by atoms with E-state index in [0.29, 0.717) is 11.2 Å². The number of nitrogens with zero attached hydrogens (tertiary/aromatic N) is 1. The molecule has 1 saturated heterocycles. The number of hydrogen-bond acceptors (Lipinski definition) is 3. The molecule has 0 bridgehead atoms. The standard InChI is InChI=1S/C17H24N2OS/c1-2-18-15-12-21-16(14-6-4-3-5-7-14)11-19(17(15)20)10-13-8-9-13/h3-7,13,15-16,18H,2,8-12H2,1H3/t15-,16-/m1/s1. The maximum Gasteiger partial charge on any atom is 0.240 e. The van der Waals surface area contributed by atoms with Crippen LogP contribution in [0.15, 0.2) is 30.3 Å².